The molecule has 1 N–H and O–H groups in total. The van der Waals surface area contributed by atoms with E-state index in [1.54, 1.807) is 23.1 Å². The Hall–Kier alpha value is -3.57. The molecular formula is C32H34ClNO4. The smallest absolute Gasteiger partial charge is 0.295 e. The number of hydrogen-bond acceptors (Lipinski definition) is 4. The summed E-state index contributed by atoms with van der Waals surface area (Å²) in [5, 5.41) is 11.8. The van der Waals surface area contributed by atoms with Crippen LogP contribution < -0.4 is 4.74 Å². The largest absolute Gasteiger partial charge is 0.507 e. The van der Waals surface area contributed by atoms with Gasteiger partial charge in [-0.3, -0.25) is 9.59 Å². The SMILES string of the molecule is CCOc1ccc(Cl)c(/C(O)=C2\C(=O)C(=O)N(Cc3cc(C)ccc3C)C2c2ccc(C(C)(C)C)cc2)c1. The molecular weight excluding hydrogens is 498 g/mol. The van der Waals surface area contributed by atoms with Gasteiger partial charge >= 0.3 is 0 Å². The van der Waals surface area contributed by atoms with Crippen molar-refractivity contribution in [3.05, 3.63) is 105 Å². The number of nitrogens with zero attached hydrogens (tertiary/aromatic N) is 1. The number of halogens is 1. The summed E-state index contributed by atoms with van der Waals surface area (Å²) in [4.78, 5) is 28.6. The van der Waals surface area contributed by atoms with Gasteiger partial charge in [0.2, 0.25) is 0 Å². The summed E-state index contributed by atoms with van der Waals surface area (Å²) in [7, 11) is 0. The number of hydrogen-bond donors (Lipinski definition) is 1. The molecule has 0 bridgehead atoms. The summed E-state index contributed by atoms with van der Waals surface area (Å²) in [5.41, 5.74) is 5.09. The molecule has 0 spiro atoms. The van der Waals surface area contributed by atoms with Crippen molar-refractivity contribution in [2.24, 2.45) is 0 Å². The van der Waals surface area contributed by atoms with Gasteiger partial charge < -0.3 is 14.7 Å². The molecule has 1 aliphatic rings. The third-order valence-electron chi connectivity index (χ3n) is 6.98. The molecule has 1 fully saturated rings. The van der Waals surface area contributed by atoms with E-state index >= 15 is 0 Å². The molecule has 5 nitrogen and oxygen atoms in total. The zero-order chi connectivity index (χ0) is 27.8. The summed E-state index contributed by atoms with van der Waals surface area (Å²) in [6.07, 6.45) is 0. The van der Waals surface area contributed by atoms with Gasteiger partial charge in [-0.05, 0) is 66.6 Å². The Bertz CT molecular complexity index is 1420. The Morgan fingerprint density at radius 2 is 1.68 bits per heavy atom. The van der Waals surface area contributed by atoms with Crippen LogP contribution in [0.25, 0.3) is 5.76 Å². The first kappa shape index (κ1) is 27.5. The number of amides is 1. The minimum atomic E-state index is -0.782. The van der Waals surface area contributed by atoms with Crippen molar-refractivity contribution in [3.63, 3.8) is 0 Å². The van der Waals surface area contributed by atoms with Gasteiger partial charge in [0.1, 0.15) is 11.5 Å². The number of likely N-dealkylation sites (tertiary alicyclic amines) is 1. The maximum absolute atomic E-state index is 13.5. The number of benzene rings is 3. The summed E-state index contributed by atoms with van der Waals surface area (Å²) >= 11 is 6.46. The van der Waals surface area contributed by atoms with Crippen molar-refractivity contribution in [1.82, 2.24) is 4.90 Å². The third kappa shape index (κ3) is 5.34. The molecule has 4 rings (SSSR count). The molecule has 0 aliphatic carbocycles. The monoisotopic (exact) mass is 531 g/mol. The second-order valence-electron chi connectivity index (χ2n) is 10.8. The topological polar surface area (TPSA) is 66.8 Å². The fraction of sp³-hybridized carbons (Fsp3) is 0.312. The summed E-state index contributed by atoms with van der Waals surface area (Å²) in [5.74, 6) is -1.21. The van der Waals surface area contributed by atoms with E-state index in [1.165, 1.54) is 0 Å². The Morgan fingerprint density at radius 3 is 2.32 bits per heavy atom. The number of aryl methyl sites for hydroxylation is 2. The molecule has 1 aliphatic heterocycles. The number of ether oxygens (including phenoxy) is 1. The highest BCUT2D eigenvalue weighted by Gasteiger charge is 2.46. The van der Waals surface area contributed by atoms with Crippen LogP contribution in [0.15, 0.2) is 66.2 Å². The molecule has 1 amide bonds. The molecule has 0 radical (unpaired) electrons. The van der Waals surface area contributed by atoms with Crippen LogP contribution in [0.1, 0.15) is 67.1 Å². The van der Waals surface area contributed by atoms with E-state index in [-0.39, 0.29) is 33.9 Å². The van der Waals surface area contributed by atoms with Gasteiger partial charge in [-0.1, -0.05) is 80.4 Å². The minimum Gasteiger partial charge on any atom is -0.507 e. The number of carbonyl (C=O) groups is 2. The number of aliphatic hydroxyl groups excluding tert-OH is 1. The standard InChI is InChI=1S/C32H34ClNO4/c1-7-38-24-14-15-26(33)25(17-24)29(35)27-28(21-10-12-23(13-11-21)32(4,5)6)34(31(37)30(27)36)18-22-16-19(2)8-9-20(22)3/h8-17,28,35H,7,18H2,1-6H3/b29-27+. The predicted octanol–water partition coefficient (Wildman–Crippen LogP) is 7.27. The average molecular weight is 532 g/mol. The first-order chi connectivity index (χ1) is 17.9. The highest BCUT2D eigenvalue weighted by molar-refractivity contribution is 6.47. The molecule has 6 heteroatoms. The highest BCUT2D eigenvalue weighted by Crippen LogP contribution is 2.42. The predicted molar refractivity (Wildman–Crippen MR) is 152 cm³/mol. The lowest BCUT2D eigenvalue weighted by Crippen LogP contribution is -2.29. The van der Waals surface area contributed by atoms with E-state index < -0.39 is 17.7 Å². The lowest BCUT2D eigenvalue weighted by Gasteiger charge is -2.27. The third-order valence-corrected chi connectivity index (χ3v) is 7.31. The van der Waals surface area contributed by atoms with Crippen LogP contribution >= 0.6 is 11.6 Å². The minimum absolute atomic E-state index is 0.0133. The van der Waals surface area contributed by atoms with Crippen molar-refractivity contribution in [2.75, 3.05) is 6.61 Å². The van der Waals surface area contributed by atoms with Gasteiger partial charge in [-0.2, -0.15) is 0 Å². The summed E-state index contributed by atoms with van der Waals surface area (Å²) in [6.45, 7) is 12.9. The van der Waals surface area contributed by atoms with Crippen LogP contribution in [0, 0.1) is 13.8 Å². The second-order valence-corrected chi connectivity index (χ2v) is 11.2. The number of ketones is 1. The molecule has 3 aromatic carbocycles. The molecule has 198 valence electrons. The maximum Gasteiger partial charge on any atom is 0.295 e. The van der Waals surface area contributed by atoms with Crippen LogP contribution in [-0.2, 0) is 21.5 Å². The van der Waals surface area contributed by atoms with E-state index in [1.807, 2.05) is 63.2 Å². The van der Waals surface area contributed by atoms with Gasteiger partial charge in [-0.25, -0.2) is 0 Å². The molecule has 3 aromatic rings. The van der Waals surface area contributed by atoms with Gasteiger partial charge in [0.15, 0.2) is 0 Å². The lowest BCUT2D eigenvalue weighted by molar-refractivity contribution is -0.140. The Labute approximate surface area is 229 Å². The van der Waals surface area contributed by atoms with E-state index in [0.29, 0.717) is 12.4 Å². The van der Waals surface area contributed by atoms with Crippen molar-refractivity contribution in [1.29, 1.82) is 0 Å². The molecule has 38 heavy (non-hydrogen) atoms. The molecule has 1 heterocycles. The van der Waals surface area contributed by atoms with Crippen molar-refractivity contribution in [3.8, 4) is 5.75 Å². The lowest BCUT2D eigenvalue weighted by atomic mass is 9.85. The van der Waals surface area contributed by atoms with Crippen LogP contribution in [-0.4, -0.2) is 28.3 Å². The summed E-state index contributed by atoms with van der Waals surface area (Å²) in [6, 6.07) is 18.1. The first-order valence-electron chi connectivity index (χ1n) is 12.8. The molecule has 0 aromatic heterocycles. The summed E-state index contributed by atoms with van der Waals surface area (Å²) < 4.78 is 5.59. The second kappa shape index (κ2) is 10.7. The number of rotatable bonds is 6. The van der Waals surface area contributed by atoms with Gasteiger partial charge in [-0.15, -0.1) is 0 Å². The van der Waals surface area contributed by atoms with Crippen molar-refractivity contribution in [2.45, 2.75) is 59.5 Å². The van der Waals surface area contributed by atoms with Gasteiger partial charge in [0.25, 0.3) is 11.7 Å². The number of Topliss-reactive ketones (excluding diaryl/α,β-unsaturated/α-hetero) is 1. The normalized spacial score (nSPS) is 17.2. The van der Waals surface area contributed by atoms with E-state index in [2.05, 4.69) is 20.8 Å². The average Bonchev–Trinajstić information content (AvgIpc) is 3.11. The van der Waals surface area contributed by atoms with E-state index in [4.69, 9.17) is 16.3 Å². The maximum atomic E-state index is 13.5. The Kier molecular flexibility index (Phi) is 7.70. The van der Waals surface area contributed by atoms with Gasteiger partial charge in [0, 0.05) is 12.1 Å². The molecule has 1 atom stereocenters. The fourth-order valence-corrected chi connectivity index (χ4v) is 5.00. The van der Waals surface area contributed by atoms with Crippen LogP contribution in [0.2, 0.25) is 5.02 Å². The van der Waals surface area contributed by atoms with Crippen LogP contribution in [0.5, 0.6) is 5.75 Å². The Morgan fingerprint density at radius 1 is 1.00 bits per heavy atom. The molecule has 1 unspecified atom stereocenters. The van der Waals surface area contributed by atoms with Crippen LogP contribution in [0.3, 0.4) is 0 Å². The molecule has 0 saturated carbocycles. The van der Waals surface area contributed by atoms with Crippen molar-refractivity contribution < 1.29 is 19.4 Å². The number of carbonyl (C=O) groups excluding carboxylic acids is 2. The molecule has 1 saturated heterocycles. The Balaban J connectivity index is 1.90. The fourth-order valence-electron chi connectivity index (χ4n) is 4.80. The van der Waals surface area contributed by atoms with E-state index in [0.717, 1.165) is 27.8 Å². The highest BCUT2D eigenvalue weighted by atomic mass is 35.5. The van der Waals surface area contributed by atoms with Crippen molar-refractivity contribution >= 4 is 29.1 Å². The first-order valence-corrected chi connectivity index (χ1v) is 13.2. The van der Waals surface area contributed by atoms with Crippen LogP contribution in [0.4, 0.5) is 0 Å². The van der Waals surface area contributed by atoms with E-state index in [9.17, 15) is 14.7 Å². The van der Waals surface area contributed by atoms with Gasteiger partial charge in [0.05, 0.1) is 23.2 Å². The quantitative estimate of drug-likeness (QED) is 0.206. The number of aliphatic hydroxyl groups is 1. The zero-order valence-corrected chi connectivity index (χ0v) is 23.5. The zero-order valence-electron chi connectivity index (χ0n) is 22.8.